The summed E-state index contributed by atoms with van der Waals surface area (Å²) in [7, 11) is 0. The molecule has 9 nitrogen and oxygen atoms in total. The van der Waals surface area contributed by atoms with Crippen LogP contribution in [0, 0.1) is 6.92 Å². The maximum absolute atomic E-state index is 11.6. The van der Waals surface area contributed by atoms with Crippen molar-refractivity contribution in [1.82, 2.24) is 20.0 Å². The van der Waals surface area contributed by atoms with Crippen molar-refractivity contribution in [3.8, 4) is 0 Å². The number of aryl methyl sites for hydroxylation is 1. The van der Waals surface area contributed by atoms with Gasteiger partial charge in [-0.25, -0.2) is 14.5 Å². The first kappa shape index (κ1) is 21.2. The normalized spacial score (nSPS) is 18.7. The largest absolute Gasteiger partial charge is 0.494 e. The molecule has 1 aromatic carbocycles. The Kier molecular flexibility index (Phi) is 5.98. The number of allylic oxidation sites excluding steroid dienone is 4. The molecule has 1 saturated heterocycles. The third-order valence-corrected chi connectivity index (χ3v) is 5.47. The monoisotopic (exact) mass is 433 g/mol. The van der Waals surface area contributed by atoms with E-state index >= 15 is 0 Å². The molecule has 0 radical (unpaired) electrons. The third-order valence-electron chi connectivity index (χ3n) is 5.47. The molecule has 2 heterocycles. The van der Waals surface area contributed by atoms with Crippen molar-refractivity contribution in [2.75, 3.05) is 18.8 Å². The van der Waals surface area contributed by atoms with Crippen molar-refractivity contribution in [3.05, 3.63) is 77.0 Å². The Hall–Kier alpha value is -4.01. The van der Waals surface area contributed by atoms with Crippen LogP contribution in [0.25, 0.3) is 0 Å². The van der Waals surface area contributed by atoms with E-state index in [0.29, 0.717) is 35.0 Å². The first-order chi connectivity index (χ1) is 15.4. The smallest absolute Gasteiger partial charge is 0.316 e. The fourth-order valence-corrected chi connectivity index (χ4v) is 3.71. The average Bonchev–Trinajstić information content (AvgIpc) is 3.42. The molecule has 0 spiro atoms. The summed E-state index contributed by atoms with van der Waals surface area (Å²) in [4.78, 5) is 18.1. The van der Waals surface area contributed by atoms with Gasteiger partial charge in [0.05, 0.1) is 24.2 Å². The van der Waals surface area contributed by atoms with E-state index < -0.39 is 6.03 Å². The number of anilines is 1. The Bertz CT molecular complexity index is 1130. The Labute approximate surface area is 186 Å². The van der Waals surface area contributed by atoms with E-state index in [4.69, 9.17) is 11.5 Å². The SMILES string of the molecule is Cc1ccc(Cn2ncc(N=C3C=CC(=C(O)N4CCCC4)C=C3NC(N)=O)c2N)cc1. The van der Waals surface area contributed by atoms with Gasteiger partial charge in [0.15, 0.2) is 5.88 Å². The quantitative estimate of drug-likeness (QED) is 0.538. The maximum atomic E-state index is 11.6. The molecule has 0 atom stereocenters. The first-order valence-corrected chi connectivity index (χ1v) is 10.5. The summed E-state index contributed by atoms with van der Waals surface area (Å²) in [6, 6.07) is 7.42. The van der Waals surface area contributed by atoms with Crippen LogP contribution in [-0.2, 0) is 6.54 Å². The number of primary amides is 1. The second kappa shape index (κ2) is 9.01. The number of hydrogen-bond acceptors (Lipinski definition) is 6. The molecular weight excluding hydrogens is 406 g/mol. The lowest BCUT2D eigenvalue weighted by atomic mass is 10.0. The van der Waals surface area contributed by atoms with Crippen LogP contribution in [0.5, 0.6) is 0 Å². The number of rotatable bonds is 5. The molecule has 166 valence electrons. The Morgan fingerprint density at radius 2 is 1.94 bits per heavy atom. The van der Waals surface area contributed by atoms with Crippen LogP contribution >= 0.6 is 0 Å². The van der Waals surface area contributed by atoms with Gasteiger partial charge in [0.2, 0.25) is 0 Å². The number of likely N-dealkylation sites (tertiary alicyclic amines) is 1. The van der Waals surface area contributed by atoms with Crippen LogP contribution in [0.2, 0.25) is 0 Å². The molecule has 0 unspecified atom stereocenters. The van der Waals surface area contributed by atoms with Crippen molar-refractivity contribution in [2.24, 2.45) is 10.7 Å². The molecule has 6 N–H and O–H groups in total. The fourth-order valence-electron chi connectivity index (χ4n) is 3.71. The van der Waals surface area contributed by atoms with Gasteiger partial charge in [-0.15, -0.1) is 0 Å². The molecule has 9 heteroatoms. The Balaban J connectivity index is 1.61. The van der Waals surface area contributed by atoms with Crippen molar-refractivity contribution in [2.45, 2.75) is 26.3 Å². The van der Waals surface area contributed by atoms with Crippen LogP contribution in [0.4, 0.5) is 16.3 Å². The van der Waals surface area contributed by atoms with Gasteiger partial charge in [0, 0.05) is 18.7 Å². The van der Waals surface area contributed by atoms with Gasteiger partial charge in [-0.2, -0.15) is 5.10 Å². The highest BCUT2D eigenvalue weighted by atomic mass is 16.3. The number of carbonyl (C=O) groups is 1. The second-order valence-corrected chi connectivity index (χ2v) is 7.91. The van der Waals surface area contributed by atoms with E-state index in [2.05, 4.69) is 15.4 Å². The molecule has 1 fully saturated rings. The molecular formula is C23H27N7O2. The lowest BCUT2D eigenvalue weighted by molar-refractivity contribution is 0.230. The van der Waals surface area contributed by atoms with Crippen LogP contribution in [0.3, 0.4) is 0 Å². The number of nitrogens with one attached hydrogen (secondary N) is 1. The summed E-state index contributed by atoms with van der Waals surface area (Å²) in [6.45, 7) is 4.15. The lowest BCUT2D eigenvalue weighted by Crippen LogP contribution is -2.32. The zero-order valence-electron chi connectivity index (χ0n) is 18.0. The van der Waals surface area contributed by atoms with Gasteiger partial charge in [-0.1, -0.05) is 29.8 Å². The number of aromatic nitrogens is 2. The highest BCUT2D eigenvalue weighted by molar-refractivity contribution is 6.13. The highest BCUT2D eigenvalue weighted by Gasteiger charge is 2.20. The third kappa shape index (κ3) is 4.66. The number of benzene rings is 1. The minimum Gasteiger partial charge on any atom is -0.494 e. The molecule has 0 bridgehead atoms. The number of carbonyl (C=O) groups excluding carboxylic acids is 1. The van der Waals surface area contributed by atoms with Gasteiger partial charge in [-0.3, -0.25) is 0 Å². The minimum atomic E-state index is -0.720. The number of aliphatic hydroxyl groups is 1. The molecule has 0 saturated carbocycles. The van der Waals surface area contributed by atoms with Crippen LogP contribution in [0.1, 0.15) is 24.0 Å². The van der Waals surface area contributed by atoms with Gasteiger partial charge < -0.3 is 26.8 Å². The lowest BCUT2D eigenvalue weighted by Gasteiger charge is -2.20. The summed E-state index contributed by atoms with van der Waals surface area (Å²) in [5.74, 6) is 0.582. The van der Waals surface area contributed by atoms with E-state index in [1.165, 1.54) is 5.56 Å². The molecule has 1 aliphatic carbocycles. The predicted molar refractivity (Wildman–Crippen MR) is 124 cm³/mol. The molecule has 32 heavy (non-hydrogen) atoms. The summed E-state index contributed by atoms with van der Waals surface area (Å²) < 4.78 is 1.67. The number of aliphatic imine (C=N–C) groups is 1. The van der Waals surface area contributed by atoms with Gasteiger partial charge >= 0.3 is 6.03 Å². The standard InChI is InChI=1S/C23H27N7O2/c1-15-4-6-16(7-5-15)14-30-21(24)20(13-26-30)27-18-9-8-17(12-19(18)28-23(25)32)22(31)29-10-2-3-11-29/h4-9,12-13,31H,2-3,10-11,14,24H2,1H3,(H3,25,28,32). The zero-order chi connectivity index (χ0) is 22.7. The highest BCUT2D eigenvalue weighted by Crippen LogP contribution is 2.26. The summed E-state index contributed by atoms with van der Waals surface area (Å²) in [6.07, 6.45) is 8.78. The number of hydrogen-bond donors (Lipinski definition) is 4. The number of nitrogen functional groups attached to an aromatic ring is 1. The number of nitrogens with zero attached hydrogens (tertiary/aromatic N) is 4. The minimum absolute atomic E-state index is 0.173. The van der Waals surface area contributed by atoms with E-state index in [-0.39, 0.29) is 5.88 Å². The average molecular weight is 434 g/mol. The van der Waals surface area contributed by atoms with E-state index in [1.54, 1.807) is 29.1 Å². The van der Waals surface area contributed by atoms with Crippen molar-refractivity contribution in [1.29, 1.82) is 0 Å². The maximum Gasteiger partial charge on any atom is 0.316 e. The molecule has 2 aliphatic rings. The van der Waals surface area contributed by atoms with E-state index in [1.807, 2.05) is 36.1 Å². The van der Waals surface area contributed by atoms with E-state index in [9.17, 15) is 9.90 Å². The van der Waals surface area contributed by atoms with Crippen molar-refractivity contribution >= 4 is 23.2 Å². The Morgan fingerprint density at radius 1 is 1.22 bits per heavy atom. The van der Waals surface area contributed by atoms with E-state index in [0.717, 1.165) is 31.5 Å². The van der Waals surface area contributed by atoms with Crippen LogP contribution < -0.4 is 16.8 Å². The zero-order valence-corrected chi connectivity index (χ0v) is 18.0. The summed E-state index contributed by atoms with van der Waals surface area (Å²) in [5, 5.41) is 17.5. The first-order valence-electron chi connectivity index (χ1n) is 10.5. The van der Waals surface area contributed by atoms with Crippen LogP contribution in [-0.4, -0.2) is 44.6 Å². The van der Waals surface area contributed by atoms with Gasteiger partial charge in [0.1, 0.15) is 11.5 Å². The molecule has 1 aliphatic heterocycles. The molecule has 4 rings (SSSR count). The number of urea groups is 1. The Morgan fingerprint density at radius 3 is 2.62 bits per heavy atom. The molecule has 2 amide bonds. The fraction of sp³-hybridized carbons (Fsp3) is 0.261. The second-order valence-electron chi connectivity index (χ2n) is 7.91. The predicted octanol–water partition coefficient (Wildman–Crippen LogP) is 2.88. The van der Waals surface area contributed by atoms with Crippen LogP contribution in [0.15, 0.2) is 70.8 Å². The number of nitrogens with two attached hydrogens (primary N) is 2. The molecule has 2 aromatic rings. The summed E-state index contributed by atoms with van der Waals surface area (Å²) in [5.41, 5.74) is 15.8. The summed E-state index contributed by atoms with van der Waals surface area (Å²) >= 11 is 0. The van der Waals surface area contributed by atoms with Gasteiger partial charge in [-0.05, 0) is 43.6 Å². The topological polar surface area (TPSA) is 135 Å². The van der Waals surface area contributed by atoms with Crippen molar-refractivity contribution in [3.63, 3.8) is 0 Å². The van der Waals surface area contributed by atoms with Crippen molar-refractivity contribution < 1.29 is 9.90 Å². The number of aliphatic hydroxyl groups excluding tert-OH is 1. The van der Waals surface area contributed by atoms with Gasteiger partial charge in [0.25, 0.3) is 0 Å². The molecule has 1 aromatic heterocycles. The number of amides is 2.